The molecule has 0 aromatic heterocycles. The summed E-state index contributed by atoms with van der Waals surface area (Å²) in [6.45, 7) is 6.72. The summed E-state index contributed by atoms with van der Waals surface area (Å²) in [4.78, 5) is 0. The molecule has 0 spiro atoms. The van der Waals surface area contributed by atoms with Crippen molar-refractivity contribution >= 4 is 0 Å². The van der Waals surface area contributed by atoms with E-state index in [2.05, 4.69) is 75.1 Å². The molecule has 0 N–H and O–H groups in total. The number of rotatable bonds is 3. The van der Waals surface area contributed by atoms with E-state index in [1.54, 1.807) is 0 Å². The molecule has 0 saturated heterocycles. The molecule has 3 rings (SSSR count). The highest BCUT2D eigenvalue weighted by atomic mass is 14.2. The lowest BCUT2D eigenvalue weighted by atomic mass is 9.91. The quantitative estimate of drug-likeness (QED) is 0.422. The molecule has 0 heterocycles. The van der Waals surface area contributed by atoms with Crippen LogP contribution >= 0.6 is 0 Å². The molecule has 1 fully saturated rings. The molecule has 0 nitrogen and oxygen atoms in total. The Bertz CT molecular complexity index is 770. The van der Waals surface area contributed by atoms with Crippen molar-refractivity contribution in [3.8, 4) is 11.8 Å². The van der Waals surface area contributed by atoms with Crippen molar-refractivity contribution in [3.05, 3.63) is 70.3 Å². The van der Waals surface area contributed by atoms with E-state index in [4.69, 9.17) is 0 Å². The molecular formula is C26H32. The van der Waals surface area contributed by atoms with Gasteiger partial charge in [-0.25, -0.2) is 0 Å². The lowest BCUT2D eigenvalue weighted by molar-refractivity contribution is 0.419. The second kappa shape index (κ2) is 9.09. The highest BCUT2D eigenvalue weighted by Crippen LogP contribution is 2.30. The summed E-state index contributed by atoms with van der Waals surface area (Å²) in [5.74, 6) is 8.51. The molecule has 2 aromatic carbocycles. The molecule has 0 aliphatic heterocycles. The molecule has 2 atom stereocenters. The fourth-order valence-corrected chi connectivity index (χ4v) is 4.02. The third kappa shape index (κ3) is 5.50. The first-order valence-corrected chi connectivity index (χ1v) is 10.3. The summed E-state index contributed by atoms with van der Waals surface area (Å²) < 4.78 is 0. The number of aryl methyl sites for hydroxylation is 3. The maximum atomic E-state index is 3.34. The van der Waals surface area contributed by atoms with Gasteiger partial charge < -0.3 is 0 Å². The van der Waals surface area contributed by atoms with Crippen LogP contribution in [0.5, 0.6) is 0 Å². The van der Waals surface area contributed by atoms with E-state index in [0.29, 0.717) is 0 Å². The first kappa shape index (κ1) is 18.8. The Hall–Kier alpha value is -2.00. The first-order chi connectivity index (χ1) is 12.6. The lowest BCUT2D eigenvalue weighted by Gasteiger charge is -2.14. The van der Waals surface area contributed by atoms with E-state index in [9.17, 15) is 0 Å². The number of benzene rings is 2. The third-order valence-electron chi connectivity index (χ3n) is 5.90. The van der Waals surface area contributed by atoms with Crippen LogP contribution in [0.25, 0.3) is 0 Å². The fraction of sp³-hybridized carbons (Fsp3) is 0.462. The second-order valence-electron chi connectivity index (χ2n) is 8.28. The van der Waals surface area contributed by atoms with Gasteiger partial charge in [-0.15, -0.1) is 0 Å². The van der Waals surface area contributed by atoms with Gasteiger partial charge in [0.25, 0.3) is 0 Å². The standard InChI is InChI=1S/C26H32/c1-20-5-4-6-23(10-7-20)13-14-25-16-18-26(22(3)19-25)17-15-24-11-8-21(2)9-12-24/h8-9,11-12,16,18-20,23H,4-7,10,13-14H2,1-3H3. The molecule has 1 aliphatic carbocycles. The summed E-state index contributed by atoms with van der Waals surface area (Å²) in [6.07, 6.45) is 9.72. The van der Waals surface area contributed by atoms with Gasteiger partial charge in [-0.3, -0.25) is 0 Å². The average Bonchev–Trinajstić information content (AvgIpc) is 2.85. The van der Waals surface area contributed by atoms with Crippen LogP contribution in [0.2, 0.25) is 0 Å². The molecule has 0 radical (unpaired) electrons. The average molecular weight is 345 g/mol. The zero-order valence-electron chi connectivity index (χ0n) is 16.6. The van der Waals surface area contributed by atoms with E-state index in [0.717, 1.165) is 23.0 Å². The molecule has 2 aromatic rings. The van der Waals surface area contributed by atoms with Crippen molar-refractivity contribution < 1.29 is 0 Å². The van der Waals surface area contributed by atoms with Gasteiger partial charge in [-0.1, -0.05) is 80.7 Å². The fourth-order valence-electron chi connectivity index (χ4n) is 4.02. The summed E-state index contributed by atoms with van der Waals surface area (Å²) in [5, 5.41) is 0. The van der Waals surface area contributed by atoms with Gasteiger partial charge in [-0.2, -0.15) is 0 Å². The number of hydrogen-bond donors (Lipinski definition) is 0. The Morgan fingerprint density at radius 1 is 0.885 bits per heavy atom. The largest absolute Gasteiger partial charge is 0.0625 e. The molecular weight excluding hydrogens is 312 g/mol. The van der Waals surface area contributed by atoms with Gasteiger partial charge >= 0.3 is 0 Å². The lowest BCUT2D eigenvalue weighted by Crippen LogP contribution is -2.01. The topological polar surface area (TPSA) is 0 Å². The first-order valence-electron chi connectivity index (χ1n) is 10.3. The van der Waals surface area contributed by atoms with Gasteiger partial charge in [0, 0.05) is 11.1 Å². The van der Waals surface area contributed by atoms with Crippen LogP contribution in [0.3, 0.4) is 0 Å². The van der Waals surface area contributed by atoms with E-state index in [1.807, 2.05) is 0 Å². The monoisotopic (exact) mass is 344 g/mol. The van der Waals surface area contributed by atoms with Crippen molar-refractivity contribution in [2.75, 3.05) is 0 Å². The highest BCUT2D eigenvalue weighted by Gasteiger charge is 2.16. The van der Waals surface area contributed by atoms with Gasteiger partial charge in [0.15, 0.2) is 0 Å². The van der Waals surface area contributed by atoms with Crippen LogP contribution < -0.4 is 0 Å². The minimum Gasteiger partial charge on any atom is -0.0625 e. The van der Waals surface area contributed by atoms with Gasteiger partial charge in [0.1, 0.15) is 0 Å². The predicted octanol–water partition coefficient (Wildman–Crippen LogP) is 6.85. The van der Waals surface area contributed by atoms with Gasteiger partial charge in [0.05, 0.1) is 0 Å². The van der Waals surface area contributed by atoms with Crippen LogP contribution in [-0.4, -0.2) is 0 Å². The molecule has 0 heteroatoms. The van der Waals surface area contributed by atoms with Crippen LogP contribution in [0, 0.1) is 37.5 Å². The minimum absolute atomic E-state index is 0.932. The second-order valence-corrected chi connectivity index (χ2v) is 8.28. The summed E-state index contributed by atoms with van der Waals surface area (Å²) >= 11 is 0. The Balaban J connectivity index is 1.60. The molecule has 2 unspecified atom stereocenters. The van der Waals surface area contributed by atoms with Crippen molar-refractivity contribution in [2.24, 2.45) is 11.8 Å². The maximum absolute atomic E-state index is 3.34. The van der Waals surface area contributed by atoms with Crippen LogP contribution in [0.15, 0.2) is 42.5 Å². The van der Waals surface area contributed by atoms with Crippen LogP contribution in [0.4, 0.5) is 0 Å². The van der Waals surface area contributed by atoms with E-state index in [-0.39, 0.29) is 0 Å². The SMILES string of the molecule is Cc1ccc(C#Cc2ccc(CCC3CCCC(C)CC3)cc2C)cc1. The van der Waals surface area contributed by atoms with E-state index < -0.39 is 0 Å². The number of hydrogen-bond acceptors (Lipinski definition) is 0. The normalized spacial score (nSPS) is 20.1. The van der Waals surface area contributed by atoms with Crippen molar-refractivity contribution in [1.82, 2.24) is 0 Å². The molecule has 0 amide bonds. The van der Waals surface area contributed by atoms with Crippen molar-refractivity contribution in [2.45, 2.75) is 65.7 Å². The molecule has 26 heavy (non-hydrogen) atoms. The molecule has 0 bridgehead atoms. The Labute approximate surface area is 160 Å². The van der Waals surface area contributed by atoms with E-state index >= 15 is 0 Å². The van der Waals surface area contributed by atoms with E-state index in [1.165, 1.54) is 61.6 Å². The van der Waals surface area contributed by atoms with Crippen LogP contribution in [0.1, 0.15) is 73.3 Å². The van der Waals surface area contributed by atoms with Crippen molar-refractivity contribution in [3.63, 3.8) is 0 Å². The Morgan fingerprint density at radius 3 is 2.46 bits per heavy atom. The zero-order chi connectivity index (χ0) is 18.4. The minimum atomic E-state index is 0.932. The van der Waals surface area contributed by atoms with Gasteiger partial charge in [0.2, 0.25) is 0 Å². The third-order valence-corrected chi connectivity index (χ3v) is 5.90. The molecule has 1 saturated carbocycles. The highest BCUT2D eigenvalue weighted by molar-refractivity contribution is 5.47. The van der Waals surface area contributed by atoms with Gasteiger partial charge in [-0.05, 0) is 67.9 Å². The molecule has 136 valence electrons. The van der Waals surface area contributed by atoms with Crippen LogP contribution in [-0.2, 0) is 6.42 Å². The Kier molecular flexibility index (Phi) is 6.56. The summed E-state index contributed by atoms with van der Waals surface area (Å²) in [7, 11) is 0. The van der Waals surface area contributed by atoms with Crippen molar-refractivity contribution in [1.29, 1.82) is 0 Å². The predicted molar refractivity (Wildman–Crippen MR) is 112 cm³/mol. The summed E-state index contributed by atoms with van der Waals surface area (Å²) in [5.41, 5.74) is 6.29. The smallest absolute Gasteiger partial charge is 0.0278 e. The Morgan fingerprint density at radius 2 is 1.69 bits per heavy atom. The maximum Gasteiger partial charge on any atom is 0.0278 e. The molecule has 1 aliphatic rings. The summed E-state index contributed by atoms with van der Waals surface area (Å²) in [6, 6.07) is 15.3. The zero-order valence-corrected chi connectivity index (χ0v) is 16.6.